The average Bonchev–Trinajstić information content (AvgIpc) is 2.46. The molecule has 1 aliphatic rings. The molecular weight excluding hydrogens is 263 g/mol. The summed E-state index contributed by atoms with van der Waals surface area (Å²) in [5.74, 6) is -1.74. The number of nitrogens with two attached hydrogens (primary N) is 1. The van der Waals surface area contributed by atoms with E-state index in [1.807, 2.05) is 0 Å². The number of carbonyl (C=O) groups is 2. The third-order valence-electron chi connectivity index (χ3n) is 3.47. The zero-order valence-electron chi connectivity index (χ0n) is 11.3. The molecule has 0 spiro atoms. The third kappa shape index (κ3) is 2.89. The number of likely N-dealkylation sites (tertiary alicyclic amines) is 1. The molecule has 1 saturated heterocycles. The van der Waals surface area contributed by atoms with E-state index in [1.165, 1.54) is 24.1 Å². The summed E-state index contributed by atoms with van der Waals surface area (Å²) in [5, 5.41) is 0. The molecule has 2 rings (SSSR count). The van der Waals surface area contributed by atoms with Gasteiger partial charge in [0.15, 0.2) is 0 Å². The molecule has 5 nitrogen and oxygen atoms in total. The molecule has 108 valence electrons. The van der Waals surface area contributed by atoms with E-state index in [1.54, 1.807) is 0 Å². The second-order valence-corrected chi connectivity index (χ2v) is 4.85. The molecule has 1 heterocycles. The standard InChI is InChI=1S/C14H17FN2O3/c1-20-14(19)9-3-2-6-17(8-9)13(18)11-5-4-10(16)7-12(11)15/h4-5,7,9H,2-3,6,8,16H2,1H3. The van der Waals surface area contributed by atoms with E-state index < -0.39 is 11.7 Å². The number of hydrogen-bond acceptors (Lipinski definition) is 4. The Labute approximate surface area is 116 Å². The lowest BCUT2D eigenvalue weighted by atomic mass is 9.97. The summed E-state index contributed by atoms with van der Waals surface area (Å²) in [5.41, 5.74) is 5.71. The number of methoxy groups -OCH3 is 1. The summed E-state index contributed by atoms with van der Waals surface area (Å²) in [6, 6.07) is 3.97. The van der Waals surface area contributed by atoms with E-state index >= 15 is 0 Å². The van der Waals surface area contributed by atoms with Crippen molar-refractivity contribution in [3.63, 3.8) is 0 Å². The van der Waals surface area contributed by atoms with Crippen LogP contribution in [0.15, 0.2) is 18.2 Å². The smallest absolute Gasteiger partial charge is 0.310 e. The fraction of sp³-hybridized carbons (Fsp3) is 0.429. The number of anilines is 1. The summed E-state index contributed by atoms with van der Waals surface area (Å²) in [7, 11) is 1.32. The lowest BCUT2D eigenvalue weighted by Crippen LogP contribution is -2.42. The van der Waals surface area contributed by atoms with Gasteiger partial charge in [-0.3, -0.25) is 9.59 Å². The molecule has 1 fully saturated rings. The summed E-state index contributed by atoms with van der Waals surface area (Å²) in [4.78, 5) is 25.3. The fourth-order valence-corrected chi connectivity index (χ4v) is 2.40. The number of nitrogen functional groups attached to an aromatic ring is 1. The Morgan fingerprint density at radius 3 is 2.85 bits per heavy atom. The maximum atomic E-state index is 13.8. The van der Waals surface area contributed by atoms with Crippen LogP contribution in [0.4, 0.5) is 10.1 Å². The molecule has 0 radical (unpaired) electrons. The van der Waals surface area contributed by atoms with Gasteiger partial charge < -0.3 is 15.4 Å². The van der Waals surface area contributed by atoms with Gasteiger partial charge in [-0.1, -0.05) is 0 Å². The van der Waals surface area contributed by atoms with Gasteiger partial charge in [0, 0.05) is 18.8 Å². The highest BCUT2D eigenvalue weighted by atomic mass is 19.1. The van der Waals surface area contributed by atoms with E-state index in [-0.39, 0.29) is 29.7 Å². The fourth-order valence-electron chi connectivity index (χ4n) is 2.40. The van der Waals surface area contributed by atoms with Gasteiger partial charge in [0.05, 0.1) is 18.6 Å². The molecule has 0 aromatic heterocycles. The molecule has 20 heavy (non-hydrogen) atoms. The van der Waals surface area contributed by atoms with E-state index in [9.17, 15) is 14.0 Å². The minimum atomic E-state index is -0.643. The van der Waals surface area contributed by atoms with Crippen LogP contribution in [-0.4, -0.2) is 37.0 Å². The van der Waals surface area contributed by atoms with Crippen LogP contribution in [0, 0.1) is 11.7 Å². The molecule has 1 unspecified atom stereocenters. The van der Waals surface area contributed by atoms with Crippen LogP contribution in [-0.2, 0) is 9.53 Å². The molecule has 1 aromatic rings. The van der Waals surface area contributed by atoms with E-state index in [2.05, 4.69) is 0 Å². The quantitative estimate of drug-likeness (QED) is 0.657. The number of esters is 1. The Morgan fingerprint density at radius 2 is 2.20 bits per heavy atom. The van der Waals surface area contributed by atoms with Gasteiger partial charge in [0.2, 0.25) is 0 Å². The number of halogens is 1. The minimum Gasteiger partial charge on any atom is -0.469 e. The number of rotatable bonds is 2. The van der Waals surface area contributed by atoms with Gasteiger partial charge in [-0.05, 0) is 31.0 Å². The maximum Gasteiger partial charge on any atom is 0.310 e. The molecule has 2 N–H and O–H groups in total. The second kappa shape index (κ2) is 5.90. The number of hydrogen-bond donors (Lipinski definition) is 1. The first-order chi connectivity index (χ1) is 9.52. The number of ether oxygens (including phenoxy) is 1. The van der Waals surface area contributed by atoms with Crippen molar-refractivity contribution in [2.75, 3.05) is 25.9 Å². The number of amides is 1. The largest absolute Gasteiger partial charge is 0.469 e. The van der Waals surface area contributed by atoms with Gasteiger partial charge in [-0.2, -0.15) is 0 Å². The van der Waals surface area contributed by atoms with Crippen LogP contribution in [0.5, 0.6) is 0 Å². The van der Waals surface area contributed by atoms with Crippen LogP contribution in [0.2, 0.25) is 0 Å². The Bertz CT molecular complexity index is 533. The van der Waals surface area contributed by atoms with Crippen LogP contribution in [0.1, 0.15) is 23.2 Å². The average molecular weight is 280 g/mol. The molecule has 0 bridgehead atoms. The van der Waals surface area contributed by atoms with Crippen molar-refractivity contribution in [3.8, 4) is 0 Å². The lowest BCUT2D eigenvalue weighted by Gasteiger charge is -2.31. The zero-order chi connectivity index (χ0) is 14.7. The van der Waals surface area contributed by atoms with Gasteiger partial charge in [-0.25, -0.2) is 4.39 Å². The van der Waals surface area contributed by atoms with E-state index in [4.69, 9.17) is 10.5 Å². The van der Waals surface area contributed by atoms with Crippen molar-refractivity contribution in [2.45, 2.75) is 12.8 Å². The van der Waals surface area contributed by atoms with Crippen LogP contribution >= 0.6 is 0 Å². The van der Waals surface area contributed by atoms with Crippen LogP contribution < -0.4 is 5.73 Å². The first-order valence-corrected chi connectivity index (χ1v) is 6.45. The van der Waals surface area contributed by atoms with E-state index in [0.717, 1.165) is 6.07 Å². The van der Waals surface area contributed by atoms with Gasteiger partial charge >= 0.3 is 5.97 Å². The van der Waals surface area contributed by atoms with Crippen LogP contribution in [0.3, 0.4) is 0 Å². The highest BCUT2D eigenvalue weighted by Crippen LogP contribution is 2.21. The number of piperidine rings is 1. The first-order valence-electron chi connectivity index (χ1n) is 6.45. The van der Waals surface area contributed by atoms with Gasteiger partial charge in [0.25, 0.3) is 5.91 Å². The van der Waals surface area contributed by atoms with Crippen molar-refractivity contribution in [1.29, 1.82) is 0 Å². The molecule has 6 heteroatoms. The third-order valence-corrected chi connectivity index (χ3v) is 3.47. The molecule has 1 amide bonds. The van der Waals surface area contributed by atoms with Crippen molar-refractivity contribution < 1.29 is 18.7 Å². The molecule has 1 atom stereocenters. The predicted molar refractivity (Wildman–Crippen MR) is 71.5 cm³/mol. The van der Waals surface area contributed by atoms with E-state index in [0.29, 0.717) is 19.4 Å². The van der Waals surface area contributed by atoms with Gasteiger partial charge in [0.1, 0.15) is 5.82 Å². The lowest BCUT2D eigenvalue weighted by molar-refractivity contribution is -0.146. The Morgan fingerprint density at radius 1 is 1.45 bits per heavy atom. The molecule has 1 aromatic carbocycles. The normalized spacial score (nSPS) is 18.7. The van der Waals surface area contributed by atoms with Crippen molar-refractivity contribution in [2.24, 2.45) is 5.92 Å². The number of nitrogens with zero attached hydrogens (tertiary/aromatic N) is 1. The molecule has 0 aliphatic carbocycles. The molecule has 0 saturated carbocycles. The summed E-state index contributed by atoms with van der Waals surface area (Å²) < 4.78 is 18.5. The highest BCUT2D eigenvalue weighted by molar-refractivity contribution is 5.95. The molecular formula is C14H17FN2O3. The number of benzene rings is 1. The highest BCUT2D eigenvalue weighted by Gasteiger charge is 2.30. The van der Waals surface area contributed by atoms with Crippen molar-refractivity contribution in [3.05, 3.63) is 29.6 Å². The summed E-state index contributed by atoms with van der Waals surface area (Å²) in [6.07, 6.45) is 1.38. The summed E-state index contributed by atoms with van der Waals surface area (Å²) >= 11 is 0. The topological polar surface area (TPSA) is 72.6 Å². The summed E-state index contributed by atoms with van der Waals surface area (Å²) in [6.45, 7) is 0.769. The Balaban J connectivity index is 2.14. The maximum absolute atomic E-state index is 13.8. The first kappa shape index (κ1) is 14.3. The number of carbonyl (C=O) groups excluding carboxylic acids is 2. The monoisotopic (exact) mass is 280 g/mol. The van der Waals surface area contributed by atoms with Crippen molar-refractivity contribution >= 4 is 17.6 Å². The molecule has 1 aliphatic heterocycles. The Hall–Kier alpha value is -2.11. The second-order valence-electron chi connectivity index (χ2n) is 4.85. The Kier molecular flexibility index (Phi) is 4.22. The minimum absolute atomic E-state index is 0.0234. The SMILES string of the molecule is COC(=O)C1CCCN(C(=O)c2ccc(N)cc2F)C1. The van der Waals surface area contributed by atoms with Gasteiger partial charge in [-0.15, -0.1) is 0 Å². The van der Waals surface area contributed by atoms with Crippen molar-refractivity contribution in [1.82, 2.24) is 4.90 Å². The van der Waals surface area contributed by atoms with Crippen LogP contribution in [0.25, 0.3) is 0 Å². The zero-order valence-corrected chi connectivity index (χ0v) is 11.3. The predicted octanol–water partition coefficient (Wildman–Crippen LogP) is 1.43.